The molecule has 0 saturated carbocycles. The molecule has 23 heavy (non-hydrogen) atoms. The standard InChI is InChI=1S/C17H17N5O/c18-10-13-5-4-6-14(9-13)21-17(23)15-11-20-16(12-19-15)22-7-2-1-3-8-22/h4-6,9,11-12H,1-3,7-8H2,(H,21,23). The van der Waals surface area contributed by atoms with Crippen molar-refractivity contribution in [2.75, 3.05) is 23.3 Å². The molecule has 0 bridgehead atoms. The third-order valence-electron chi connectivity index (χ3n) is 3.80. The molecule has 2 heterocycles. The molecule has 1 fully saturated rings. The zero-order chi connectivity index (χ0) is 16.1. The van der Waals surface area contributed by atoms with Crippen LogP contribution >= 0.6 is 0 Å². The average Bonchev–Trinajstić information content (AvgIpc) is 2.63. The highest BCUT2D eigenvalue weighted by Gasteiger charge is 2.14. The van der Waals surface area contributed by atoms with E-state index in [1.807, 2.05) is 6.07 Å². The predicted octanol–water partition coefficient (Wildman–Crippen LogP) is 2.59. The number of amides is 1. The maximum Gasteiger partial charge on any atom is 0.275 e. The van der Waals surface area contributed by atoms with E-state index < -0.39 is 0 Å². The molecule has 6 heteroatoms. The summed E-state index contributed by atoms with van der Waals surface area (Å²) in [5.41, 5.74) is 1.32. The van der Waals surface area contributed by atoms with Crippen molar-refractivity contribution in [2.45, 2.75) is 19.3 Å². The van der Waals surface area contributed by atoms with E-state index in [2.05, 4.69) is 20.2 Å². The lowest BCUT2D eigenvalue weighted by Gasteiger charge is -2.27. The highest BCUT2D eigenvalue weighted by molar-refractivity contribution is 6.02. The molecule has 0 unspecified atom stereocenters. The first-order valence-electron chi connectivity index (χ1n) is 7.65. The van der Waals surface area contributed by atoms with Crippen molar-refractivity contribution in [3.63, 3.8) is 0 Å². The Morgan fingerprint density at radius 1 is 1.17 bits per heavy atom. The number of carbonyl (C=O) groups is 1. The quantitative estimate of drug-likeness (QED) is 0.942. The number of hydrogen-bond donors (Lipinski definition) is 1. The van der Waals surface area contributed by atoms with E-state index in [0.29, 0.717) is 11.3 Å². The van der Waals surface area contributed by atoms with Gasteiger partial charge < -0.3 is 10.2 Å². The number of nitrogens with zero attached hydrogens (tertiary/aromatic N) is 4. The Hall–Kier alpha value is -2.94. The molecule has 1 saturated heterocycles. The van der Waals surface area contributed by atoms with Crippen molar-refractivity contribution in [1.29, 1.82) is 5.26 Å². The number of rotatable bonds is 3. The van der Waals surface area contributed by atoms with Gasteiger partial charge in [0.1, 0.15) is 11.5 Å². The summed E-state index contributed by atoms with van der Waals surface area (Å²) in [7, 11) is 0. The SMILES string of the molecule is N#Cc1cccc(NC(=O)c2cnc(N3CCCCC3)cn2)c1. The van der Waals surface area contributed by atoms with E-state index in [9.17, 15) is 4.79 Å². The van der Waals surface area contributed by atoms with Crippen molar-refractivity contribution >= 4 is 17.4 Å². The number of hydrogen-bond acceptors (Lipinski definition) is 5. The third kappa shape index (κ3) is 3.64. The normalized spacial score (nSPS) is 14.1. The van der Waals surface area contributed by atoms with Crippen LogP contribution in [0.15, 0.2) is 36.7 Å². The topological polar surface area (TPSA) is 81.9 Å². The van der Waals surface area contributed by atoms with Crippen LogP contribution in [-0.4, -0.2) is 29.0 Å². The minimum atomic E-state index is -0.335. The fourth-order valence-electron chi connectivity index (χ4n) is 2.59. The molecule has 1 aromatic carbocycles. The summed E-state index contributed by atoms with van der Waals surface area (Å²) in [6, 6.07) is 8.79. The maximum absolute atomic E-state index is 12.2. The van der Waals surface area contributed by atoms with Gasteiger partial charge in [-0.2, -0.15) is 5.26 Å². The molecule has 3 rings (SSSR count). The first kappa shape index (κ1) is 15.0. The van der Waals surface area contributed by atoms with Crippen LogP contribution in [0.1, 0.15) is 35.3 Å². The van der Waals surface area contributed by atoms with Crippen LogP contribution in [-0.2, 0) is 0 Å². The summed E-state index contributed by atoms with van der Waals surface area (Å²) in [6.07, 6.45) is 6.73. The lowest BCUT2D eigenvalue weighted by molar-refractivity contribution is 0.102. The summed E-state index contributed by atoms with van der Waals surface area (Å²) in [5.74, 6) is 0.477. The van der Waals surface area contributed by atoms with Crippen molar-refractivity contribution in [3.8, 4) is 6.07 Å². The first-order chi connectivity index (χ1) is 11.3. The van der Waals surface area contributed by atoms with Gasteiger partial charge >= 0.3 is 0 Å². The van der Waals surface area contributed by atoms with Crippen molar-refractivity contribution < 1.29 is 4.79 Å². The van der Waals surface area contributed by atoms with Crippen LogP contribution in [0.25, 0.3) is 0 Å². The molecule has 116 valence electrons. The first-order valence-corrected chi connectivity index (χ1v) is 7.65. The Balaban J connectivity index is 1.68. The largest absolute Gasteiger partial charge is 0.355 e. The van der Waals surface area contributed by atoms with E-state index in [-0.39, 0.29) is 11.6 Å². The van der Waals surface area contributed by atoms with E-state index in [4.69, 9.17) is 5.26 Å². The molecule has 0 atom stereocenters. The summed E-state index contributed by atoms with van der Waals surface area (Å²) in [4.78, 5) is 22.9. The number of benzene rings is 1. The van der Waals surface area contributed by atoms with Gasteiger partial charge in [0.15, 0.2) is 0 Å². The molecule has 0 aliphatic carbocycles. The second-order valence-corrected chi connectivity index (χ2v) is 5.45. The smallest absolute Gasteiger partial charge is 0.275 e. The summed E-state index contributed by atoms with van der Waals surface area (Å²) in [6.45, 7) is 1.97. The monoisotopic (exact) mass is 307 g/mol. The molecule has 1 N–H and O–H groups in total. The van der Waals surface area contributed by atoms with E-state index in [0.717, 1.165) is 18.9 Å². The molecule has 1 aromatic heterocycles. The Kier molecular flexibility index (Phi) is 4.48. The van der Waals surface area contributed by atoms with Gasteiger partial charge in [0.2, 0.25) is 0 Å². The second-order valence-electron chi connectivity index (χ2n) is 5.45. The molecule has 0 radical (unpaired) electrons. The van der Waals surface area contributed by atoms with Gasteiger partial charge in [0, 0.05) is 18.8 Å². The van der Waals surface area contributed by atoms with Gasteiger partial charge in [-0.15, -0.1) is 0 Å². The average molecular weight is 307 g/mol. The van der Waals surface area contributed by atoms with Crippen LogP contribution < -0.4 is 10.2 Å². The Labute approximate surface area is 134 Å². The zero-order valence-electron chi connectivity index (χ0n) is 12.7. The van der Waals surface area contributed by atoms with Crippen molar-refractivity contribution in [2.24, 2.45) is 0 Å². The zero-order valence-corrected chi connectivity index (χ0v) is 12.7. The molecule has 0 spiro atoms. The summed E-state index contributed by atoms with van der Waals surface area (Å²) < 4.78 is 0. The highest BCUT2D eigenvalue weighted by atomic mass is 16.1. The van der Waals surface area contributed by atoms with Gasteiger partial charge in [-0.3, -0.25) is 4.79 Å². The van der Waals surface area contributed by atoms with E-state index >= 15 is 0 Å². The summed E-state index contributed by atoms with van der Waals surface area (Å²) >= 11 is 0. The Morgan fingerprint density at radius 3 is 2.70 bits per heavy atom. The number of anilines is 2. The van der Waals surface area contributed by atoms with Gasteiger partial charge in [0.05, 0.1) is 24.0 Å². The lowest BCUT2D eigenvalue weighted by Crippen LogP contribution is -2.30. The van der Waals surface area contributed by atoms with E-state index in [1.165, 1.54) is 25.5 Å². The minimum absolute atomic E-state index is 0.258. The maximum atomic E-state index is 12.2. The van der Waals surface area contributed by atoms with Crippen molar-refractivity contribution in [1.82, 2.24) is 9.97 Å². The van der Waals surface area contributed by atoms with Crippen LogP contribution in [0.2, 0.25) is 0 Å². The van der Waals surface area contributed by atoms with Gasteiger partial charge in [-0.1, -0.05) is 6.07 Å². The fourth-order valence-corrected chi connectivity index (χ4v) is 2.59. The molecule has 1 aliphatic rings. The van der Waals surface area contributed by atoms with Gasteiger partial charge in [-0.05, 0) is 37.5 Å². The molecular formula is C17H17N5O. The number of carbonyl (C=O) groups excluding carboxylic acids is 1. The van der Waals surface area contributed by atoms with Gasteiger partial charge in [0.25, 0.3) is 5.91 Å². The lowest BCUT2D eigenvalue weighted by atomic mass is 10.1. The fraction of sp³-hybridized carbons (Fsp3) is 0.294. The number of piperidine rings is 1. The second kappa shape index (κ2) is 6.88. The molecule has 6 nitrogen and oxygen atoms in total. The Bertz CT molecular complexity index is 729. The number of nitrogens with one attached hydrogen (secondary N) is 1. The minimum Gasteiger partial charge on any atom is -0.355 e. The van der Waals surface area contributed by atoms with Crippen LogP contribution in [0, 0.1) is 11.3 Å². The number of aromatic nitrogens is 2. The number of nitriles is 1. The Morgan fingerprint density at radius 2 is 2.00 bits per heavy atom. The van der Waals surface area contributed by atoms with Crippen molar-refractivity contribution in [3.05, 3.63) is 47.9 Å². The van der Waals surface area contributed by atoms with Crippen LogP contribution in [0.3, 0.4) is 0 Å². The van der Waals surface area contributed by atoms with Crippen LogP contribution in [0.4, 0.5) is 11.5 Å². The molecule has 2 aromatic rings. The van der Waals surface area contributed by atoms with E-state index in [1.54, 1.807) is 30.5 Å². The highest BCUT2D eigenvalue weighted by Crippen LogP contribution is 2.17. The van der Waals surface area contributed by atoms with Gasteiger partial charge in [-0.25, -0.2) is 9.97 Å². The molecule has 1 amide bonds. The van der Waals surface area contributed by atoms with Crippen LogP contribution in [0.5, 0.6) is 0 Å². The molecule has 1 aliphatic heterocycles. The third-order valence-corrected chi connectivity index (χ3v) is 3.80. The molecular weight excluding hydrogens is 290 g/mol. The summed E-state index contributed by atoms with van der Waals surface area (Å²) in [5, 5.41) is 11.6. The predicted molar refractivity (Wildman–Crippen MR) is 87.2 cm³/mol.